The zero-order valence-corrected chi connectivity index (χ0v) is 13.3. The molecule has 1 atom stereocenters. The van der Waals surface area contributed by atoms with Gasteiger partial charge in [-0.2, -0.15) is 0 Å². The lowest BCUT2D eigenvalue weighted by Crippen LogP contribution is -2.19. The van der Waals surface area contributed by atoms with Crippen LogP contribution < -0.4 is 5.32 Å². The molecule has 1 heterocycles. The molecule has 0 fully saturated rings. The monoisotopic (exact) mass is 299 g/mol. The lowest BCUT2D eigenvalue weighted by atomic mass is 10.1. The van der Waals surface area contributed by atoms with Crippen LogP contribution in [0.3, 0.4) is 0 Å². The maximum Gasteiger partial charge on any atom is 0.148 e. The number of aliphatic hydroxyl groups excluding tert-OH is 1. The summed E-state index contributed by atoms with van der Waals surface area (Å²) in [5.41, 5.74) is 0.891. The Morgan fingerprint density at radius 2 is 1.95 bits per heavy atom. The van der Waals surface area contributed by atoms with E-state index in [0.717, 1.165) is 56.5 Å². The molecule has 0 amide bonds. The quantitative estimate of drug-likeness (QED) is 0.645. The maximum absolute atomic E-state index is 8.75. The average Bonchev–Trinajstić information content (AvgIpc) is 2.47. The van der Waals surface area contributed by atoms with Gasteiger partial charge in [0, 0.05) is 12.6 Å². The van der Waals surface area contributed by atoms with E-state index in [2.05, 4.69) is 22.2 Å². The zero-order chi connectivity index (χ0) is 14.8. The number of aliphatic hydroxyl groups is 1. The van der Waals surface area contributed by atoms with E-state index in [1.165, 1.54) is 0 Å². The molecule has 1 unspecified atom stereocenters. The van der Waals surface area contributed by atoms with Crippen LogP contribution in [-0.4, -0.2) is 27.7 Å². The second-order valence-corrected chi connectivity index (χ2v) is 5.39. The lowest BCUT2D eigenvalue weighted by Gasteiger charge is -2.18. The Labute approximate surface area is 127 Å². The molecular formula is C15H26ClN3O. The minimum absolute atomic E-state index is 0.297. The second kappa shape index (κ2) is 9.94. The molecule has 114 valence electrons. The minimum Gasteiger partial charge on any atom is -0.396 e. The summed E-state index contributed by atoms with van der Waals surface area (Å²) >= 11 is 6.30. The Morgan fingerprint density at radius 1 is 1.20 bits per heavy atom. The summed E-state index contributed by atoms with van der Waals surface area (Å²) in [7, 11) is 0. The van der Waals surface area contributed by atoms with Gasteiger partial charge in [0.2, 0.25) is 0 Å². The highest BCUT2D eigenvalue weighted by Gasteiger charge is 2.12. The number of nitrogens with one attached hydrogen (secondary N) is 1. The first-order chi connectivity index (χ1) is 9.72. The summed E-state index contributed by atoms with van der Waals surface area (Å²) in [5, 5.41) is 12.8. The van der Waals surface area contributed by atoms with Gasteiger partial charge in [-0.1, -0.05) is 44.7 Å². The molecular weight excluding hydrogens is 274 g/mol. The summed E-state index contributed by atoms with van der Waals surface area (Å²) in [6, 6.07) is 0.390. The van der Waals surface area contributed by atoms with Crippen LogP contribution in [0, 0.1) is 0 Å². The van der Waals surface area contributed by atoms with Crippen molar-refractivity contribution in [2.45, 2.75) is 64.8 Å². The highest BCUT2D eigenvalue weighted by Crippen LogP contribution is 2.24. The third-order valence-electron chi connectivity index (χ3n) is 3.49. The Balaban J connectivity index is 2.47. The van der Waals surface area contributed by atoms with Gasteiger partial charge >= 0.3 is 0 Å². The molecule has 0 aliphatic rings. The van der Waals surface area contributed by atoms with Gasteiger partial charge < -0.3 is 10.4 Å². The van der Waals surface area contributed by atoms with Gasteiger partial charge in [-0.05, 0) is 25.7 Å². The van der Waals surface area contributed by atoms with Crippen molar-refractivity contribution in [1.82, 2.24) is 9.97 Å². The first kappa shape index (κ1) is 17.2. The Morgan fingerprint density at radius 3 is 2.60 bits per heavy atom. The van der Waals surface area contributed by atoms with Crippen LogP contribution in [-0.2, 0) is 6.42 Å². The van der Waals surface area contributed by atoms with E-state index < -0.39 is 0 Å². The first-order valence-corrected chi connectivity index (χ1v) is 7.97. The van der Waals surface area contributed by atoms with E-state index in [0.29, 0.717) is 17.7 Å². The number of hydrogen-bond donors (Lipinski definition) is 2. The molecule has 1 aromatic rings. The first-order valence-electron chi connectivity index (χ1n) is 7.59. The summed E-state index contributed by atoms with van der Waals surface area (Å²) < 4.78 is 0. The molecule has 20 heavy (non-hydrogen) atoms. The average molecular weight is 300 g/mol. The van der Waals surface area contributed by atoms with Gasteiger partial charge in [0.05, 0.1) is 5.69 Å². The van der Waals surface area contributed by atoms with Gasteiger partial charge in [0.15, 0.2) is 0 Å². The maximum atomic E-state index is 8.75. The van der Waals surface area contributed by atoms with Crippen molar-refractivity contribution >= 4 is 17.4 Å². The van der Waals surface area contributed by atoms with E-state index in [-0.39, 0.29) is 0 Å². The number of rotatable bonds is 10. The Bertz CT molecular complexity index is 387. The zero-order valence-electron chi connectivity index (χ0n) is 12.5. The van der Waals surface area contributed by atoms with Crippen LogP contribution in [0.2, 0.25) is 5.02 Å². The smallest absolute Gasteiger partial charge is 0.148 e. The molecule has 0 aliphatic heterocycles. The van der Waals surface area contributed by atoms with E-state index in [1.54, 1.807) is 6.33 Å². The third kappa shape index (κ3) is 5.63. The van der Waals surface area contributed by atoms with E-state index in [4.69, 9.17) is 16.7 Å². The Hall–Kier alpha value is -0.870. The second-order valence-electron chi connectivity index (χ2n) is 5.01. The van der Waals surface area contributed by atoms with Crippen LogP contribution >= 0.6 is 11.6 Å². The highest BCUT2D eigenvalue weighted by molar-refractivity contribution is 6.33. The number of aromatic nitrogens is 2. The summed E-state index contributed by atoms with van der Waals surface area (Å²) in [4.78, 5) is 8.42. The van der Waals surface area contributed by atoms with E-state index in [1.807, 2.05) is 6.92 Å². The number of nitrogens with zero attached hydrogens (tertiary/aromatic N) is 2. The largest absolute Gasteiger partial charge is 0.396 e. The summed E-state index contributed by atoms with van der Waals surface area (Å²) in [6.07, 6.45) is 8.86. The predicted molar refractivity (Wildman–Crippen MR) is 84.3 cm³/mol. The molecule has 0 spiro atoms. The van der Waals surface area contributed by atoms with Gasteiger partial charge in [0.1, 0.15) is 17.2 Å². The fraction of sp³-hybridized carbons (Fsp3) is 0.733. The number of hydrogen-bond acceptors (Lipinski definition) is 4. The predicted octanol–water partition coefficient (Wildman–Crippen LogP) is 3.83. The fourth-order valence-corrected chi connectivity index (χ4v) is 2.47. The molecule has 1 rings (SSSR count). The van der Waals surface area contributed by atoms with Gasteiger partial charge in [-0.25, -0.2) is 9.97 Å². The summed E-state index contributed by atoms with van der Waals surface area (Å²) in [5.74, 6) is 0.751. The van der Waals surface area contributed by atoms with Crippen LogP contribution in [0.5, 0.6) is 0 Å². The molecule has 0 saturated carbocycles. The third-order valence-corrected chi connectivity index (χ3v) is 3.89. The fourth-order valence-electron chi connectivity index (χ4n) is 2.18. The minimum atomic E-state index is 0.297. The van der Waals surface area contributed by atoms with Crippen molar-refractivity contribution in [2.75, 3.05) is 11.9 Å². The normalized spacial score (nSPS) is 12.4. The summed E-state index contributed by atoms with van der Waals surface area (Å²) in [6.45, 7) is 4.50. The molecule has 0 bridgehead atoms. The Kier molecular flexibility index (Phi) is 8.54. The van der Waals surface area contributed by atoms with Crippen molar-refractivity contribution in [3.8, 4) is 0 Å². The van der Waals surface area contributed by atoms with Gasteiger partial charge in [-0.3, -0.25) is 0 Å². The van der Waals surface area contributed by atoms with E-state index >= 15 is 0 Å². The van der Waals surface area contributed by atoms with Crippen molar-refractivity contribution in [3.63, 3.8) is 0 Å². The number of anilines is 1. The van der Waals surface area contributed by atoms with E-state index in [9.17, 15) is 0 Å². The standard InChI is InChI=1S/C15H26ClN3O/c1-3-12(9-7-5-6-8-10-20)19-15-14(16)13(4-2)17-11-18-15/h11-12,20H,3-10H2,1-2H3,(H,17,18,19). The molecule has 0 radical (unpaired) electrons. The van der Waals surface area contributed by atoms with Crippen molar-refractivity contribution in [3.05, 3.63) is 17.0 Å². The topological polar surface area (TPSA) is 58.0 Å². The van der Waals surface area contributed by atoms with Crippen LogP contribution in [0.1, 0.15) is 58.1 Å². The molecule has 5 heteroatoms. The van der Waals surface area contributed by atoms with Crippen LogP contribution in [0.25, 0.3) is 0 Å². The van der Waals surface area contributed by atoms with Crippen molar-refractivity contribution < 1.29 is 5.11 Å². The van der Waals surface area contributed by atoms with Gasteiger partial charge in [0.25, 0.3) is 0 Å². The van der Waals surface area contributed by atoms with Gasteiger partial charge in [-0.15, -0.1) is 0 Å². The van der Waals surface area contributed by atoms with Crippen LogP contribution in [0.4, 0.5) is 5.82 Å². The number of halogens is 1. The van der Waals surface area contributed by atoms with Crippen LogP contribution in [0.15, 0.2) is 6.33 Å². The molecule has 0 aliphatic carbocycles. The molecule has 4 nitrogen and oxygen atoms in total. The number of unbranched alkanes of at least 4 members (excludes halogenated alkanes) is 3. The highest BCUT2D eigenvalue weighted by atomic mass is 35.5. The van der Waals surface area contributed by atoms with Crippen molar-refractivity contribution in [1.29, 1.82) is 0 Å². The SMILES string of the molecule is CCc1ncnc(NC(CC)CCCCCCO)c1Cl. The number of aryl methyl sites for hydroxylation is 1. The molecule has 0 aromatic carbocycles. The lowest BCUT2D eigenvalue weighted by molar-refractivity contribution is 0.282. The molecule has 2 N–H and O–H groups in total. The molecule has 1 aromatic heterocycles. The molecule has 0 saturated heterocycles. The van der Waals surface area contributed by atoms with Crippen molar-refractivity contribution in [2.24, 2.45) is 0 Å².